The molecule has 114 valence electrons. The number of H-pyrrole nitrogens is 1. The van der Waals surface area contributed by atoms with Crippen molar-refractivity contribution in [3.8, 4) is 0 Å². The molecule has 3 rings (SSSR count). The Kier molecular flexibility index (Phi) is 3.96. The Bertz CT molecular complexity index is 703. The van der Waals surface area contributed by atoms with Crippen LogP contribution in [0.1, 0.15) is 25.1 Å². The molecular formula is C17H20N4O. The number of fused-ring (bicyclic) bond motifs is 1. The van der Waals surface area contributed by atoms with Crippen LogP contribution in [-0.2, 0) is 11.2 Å². The predicted octanol–water partition coefficient (Wildman–Crippen LogP) is 2.83. The molecule has 0 radical (unpaired) electrons. The molecule has 1 aromatic heterocycles. The molecular weight excluding hydrogens is 276 g/mol. The van der Waals surface area contributed by atoms with Crippen LogP contribution in [0.4, 0.5) is 11.4 Å². The van der Waals surface area contributed by atoms with Crippen LogP contribution in [0.2, 0.25) is 0 Å². The molecule has 0 aliphatic carbocycles. The third-order valence-corrected chi connectivity index (χ3v) is 3.93. The third-order valence-electron chi connectivity index (χ3n) is 3.93. The minimum atomic E-state index is 0.0605. The maximum absolute atomic E-state index is 11.8. The molecule has 0 saturated heterocycles. The van der Waals surface area contributed by atoms with E-state index in [1.54, 1.807) is 18.2 Å². The van der Waals surface area contributed by atoms with E-state index in [0.717, 1.165) is 35.6 Å². The molecule has 22 heavy (non-hydrogen) atoms. The van der Waals surface area contributed by atoms with E-state index in [1.165, 1.54) is 5.57 Å². The summed E-state index contributed by atoms with van der Waals surface area (Å²) in [6.45, 7) is 5.07. The van der Waals surface area contributed by atoms with Gasteiger partial charge in [0.05, 0.1) is 6.33 Å². The smallest absolute Gasteiger partial charge is 0.223 e. The fourth-order valence-corrected chi connectivity index (χ4v) is 2.86. The second kappa shape index (κ2) is 6.05. The molecule has 0 bridgehead atoms. The molecule has 0 saturated carbocycles. The number of carbonyl (C=O) groups is 1. The van der Waals surface area contributed by atoms with Crippen LogP contribution in [0.5, 0.6) is 0 Å². The average Bonchev–Trinajstić information content (AvgIpc) is 3.01. The minimum Gasteiger partial charge on any atom is -0.381 e. The summed E-state index contributed by atoms with van der Waals surface area (Å²) in [5.74, 6) is 0.0605. The van der Waals surface area contributed by atoms with Gasteiger partial charge < -0.3 is 15.2 Å². The molecule has 1 amide bonds. The van der Waals surface area contributed by atoms with Crippen molar-refractivity contribution in [2.75, 3.05) is 23.3 Å². The number of imidazole rings is 1. The summed E-state index contributed by atoms with van der Waals surface area (Å²) in [5.41, 5.74) is 5.54. The van der Waals surface area contributed by atoms with Gasteiger partial charge in [-0.2, -0.15) is 0 Å². The Morgan fingerprint density at radius 2 is 2.27 bits per heavy atom. The summed E-state index contributed by atoms with van der Waals surface area (Å²) < 4.78 is 0. The molecule has 0 atom stereocenters. The number of hydrogen-bond acceptors (Lipinski definition) is 3. The fourth-order valence-electron chi connectivity index (χ4n) is 2.86. The highest BCUT2D eigenvalue weighted by Gasteiger charge is 2.17. The van der Waals surface area contributed by atoms with Crippen molar-refractivity contribution >= 4 is 22.9 Å². The molecule has 1 aromatic carbocycles. The molecule has 1 aliphatic rings. The quantitative estimate of drug-likeness (QED) is 0.912. The first-order valence-electron chi connectivity index (χ1n) is 7.51. The summed E-state index contributed by atoms with van der Waals surface area (Å²) in [7, 11) is 0. The topological polar surface area (TPSA) is 61.0 Å². The number of nitrogens with one attached hydrogen (secondary N) is 2. The number of nitrogens with zero attached hydrogens (tertiary/aromatic N) is 2. The second-order valence-corrected chi connectivity index (χ2v) is 5.36. The Balaban J connectivity index is 1.95. The zero-order chi connectivity index (χ0) is 15.5. The Labute approximate surface area is 130 Å². The first-order valence-corrected chi connectivity index (χ1v) is 7.51. The van der Waals surface area contributed by atoms with E-state index in [0.29, 0.717) is 6.54 Å². The predicted molar refractivity (Wildman–Crippen MR) is 88.9 cm³/mol. The molecule has 0 fully saturated rings. The third kappa shape index (κ3) is 2.74. The fraction of sp³-hybridized carbons (Fsp3) is 0.294. The molecule has 5 heteroatoms. The van der Waals surface area contributed by atoms with E-state index < -0.39 is 0 Å². The first-order chi connectivity index (χ1) is 10.7. The number of carbonyl (C=O) groups excluding carboxylic acids is 1. The van der Waals surface area contributed by atoms with Crippen molar-refractivity contribution in [2.24, 2.45) is 0 Å². The molecule has 1 aliphatic heterocycles. The maximum Gasteiger partial charge on any atom is 0.223 e. The lowest BCUT2D eigenvalue weighted by Gasteiger charge is -2.24. The van der Waals surface area contributed by atoms with Gasteiger partial charge in [-0.25, -0.2) is 4.98 Å². The minimum absolute atomic E-state index is 0.0605. The second-order valence-electron chi connectivity index (χ2n) is 5.36. The van der Waals surface area contributed by atoms with Crippen molar-refractivity contribution in [3.63, 3.8) is 0 Å². The highest BCUT2D eigenvalue weighted by Crippen LogP contribution is 2.33. The van der Waals surface area contributed by atoms with E-state index in [4.69, 9.17) is 0 Å². The van der Waals surface area contributed by atoms with Gasteiger partial charge in [0.25, 0.3) is 0 Å². The maximum atomic E-state index is 11.8. The van der Waals surface area contributed by atoms with Gasteiger partial charge in [0, 0.05) is 55.3 Å². The molecule has 2 N–H and O–H groups in total. The number of aromatic amines is 1. The molecule has 0 spiro atoms. The number of benzene rings is 1. The van der Waals surface area contributed by atoms with Crippen LogP contribution in [-0.4, -0.2) is 29.0 Å². The number of anilines is 2. The number of rotatable bonds is 4. The van der Waals surface area contributed by atoms with Gasteiger partial charge in [-0.15, -0.1) is 0 Å². The standard InChI is InChI=1S/C17H20N4O/c1-3-21(12(2)22)15-4-5-17-16(9-15)13(6-7-19-17)8-14-10-18-11-20-14/h4-6,9-11,19H,3,7-8H2,1-2H3,(H,18,20). The van der Waals surface area contributed by atoms with Crippen molar-refractivity contribution in [1.29, 1.82) is 0 Å². The van der Waals surface area contributed by atoms with E-state index in [-0.39, 0.29) is 5.91 Å². The summed E-state index contributed by atoms with van der Waals surface area (Å²) in [5, 5.41) is 3.38. The van der Waals surface area contributed by atoms with Gasteiger partial charge >= 0.3 is 0 Å². The summed E-state index contributed by atoms with van der Waals surface area (Å²) >= 11 is 0. The normalized spacial score (nSPS) is 13.1. The van der Waals surface area contributed by atoms with Crippen LogP contribution in [0.25, 0.3) is 5.57 Å². The highest BCUT2D eigenvalue weighted by atomic mass is 16.2. The largest absolute Gasteiger partial charge is 0.381 e. The number of aromatic nitrogens is 2. The lowest BCUT2D eigenvalue weighted by atomic mass is 9.96. The molecule has 5 nitrogen and oxygen atoms in total. The highest BCUT2D eigenvalue weighted by molar-refractivity contribution is 5.93. The van der Waals surface area contributed by atoms with E-state index in [1.807, 2.05) is 19.2 Å². The van der Waals surface area contributed by atoms with Gasteiger partial charge in [0.15, 0.2) is 0 Å². The van der Waals surface area contributed by atoms with Crippen LogP contribution in [0, 0.1) is 0 Å². The Hall–Kier alpha value is -2.56. The number of hydrogen-bond donors (Lipinski definition) is 2. The number of amides is 1. The van der Waals surface area contributed by atoms with Crippen molar-refractivity contribution in [2.45, 2.75) is 20.3 Å². The summed E-state index contributed by atoms with van der Waals surface area (Å²) in [4.78, 5) is 20.8. The van der Waals surface area contributed by atoms with Crippen molar-refractivity contribution in [3.05, 3.63) is 48.1 Å². The SMILES string of the molecule is CCN(C(C)=O)c1ccc2c(c1)C(Cc1cnc[nH]1)=CCN2. The van der Waals surface area contributed by atoms with Crippen LogP contribution in [0.3, 0.4) is 0 Å². The van der Waals surface area contributed by atoms with E-state index in [2.05, 4.69) is 33.5 Å². The van der Waals surface area contributed by atoms with Gasteiger partial charge in [-0.05, 0) is 30.7 Å². The summed E-state index contributed by atoms with van der Waals surface area (Å²) in [6.07, 6.45) is 6.55. The Morgan fingerprint density at radius 1 is 1.41 bits per heavy atom. The molecule has 2 aromatic rings. The summed E-state index contributed by atoms with van der Waals surface area (Å²) in [6, 6.07) is 6.14. The van der Waals surface area contributed by atoms with Gasteiger partial charge in [-0.3, -0.25) is 4.79 Å². The monoisotopic (exact) mass is 296 g/mol. The lowest BCUT2D eigenvalue weighted by Crippen LogP contribution is -2.28. The van der Waals surface area contributed by atoms with Crippen molar-refractivity contribution in [1.82, 2.24) is 9.97 Å². The van der Waals surface area contributed by atoms with Crippen molar-refractivity contribution < 1.29 is 4.79 Å². The first kappa shape index (κ1) is 14.4. The van der Waals surface area contributed by atoms with E-state index >= 15 is 0 Å². The van der Waals surface area contributed by atoms with Crippen LogP contribution < -0.4 is 10.2 Å². The average molecular weight is 296 g/mol. The molecule has 2 heterocycles. The van der Waals surface area contributed by atoms with Crippen LogP contribution in [0.15, 0.2) is 36.8 Å². The van der Waals surface area contributed by atoms with Gasteiger partial charge in [0.2, 0.25) is 5.91 Å². The van der Waals surface area contributed by atoms with Crippen LogP contribution >= 0.6 is 0 Å². The Morgan fingerprint density at radius 3 is 2.95 bits per heavy atom. The van der Waals surface area contributed by atoms with Gasteiger partial charge in [0.1, 0.15) is 0 Å². The molecule has 0 unspecified atom stereocenters. The van der Waals surface area contributed by atoms with Gasteiger partial charge in [-0.1, -0.05) is 6.08 Å². The van der Waals surface area contributed by atoms with E-state index in [9.17, 15) is 4.79 Å². The zero-order valence-electron chi connectivity index (χ0n) is 12.9. The zero-order valence-corrected chi connectivity index (χ0v) is 12.9. The number of allylic oxidation sites excluding steroid dienone is 1. The lowest BCUT2D eigenvalue weighted by molar-refractivity contribution is -0.116.